The van der Waals surface area contributed by atoms with Crippen LogP contribution in [0.1, 0.15) is 17.9 Å². The summed E-state index contributed by atoms with van der Waals surface area (Å²) in [5.74, 6) is 0.152. The van der Waals surface area contributed by atoms with Crippen LogP contribution in [0.15, 0.2) is 18.2 Å². The van der Waals surface area contributed by atoms with E-state index in [4.69, 9.17) is 5.73 Å². The van der Waals surface area contributed by atoms with Gasteiger partial charge in [0.15, 0.2) is 11.5 Å². The maximum Gasteiger partial charge on any atom is 0.161 e. The Bertz CT molecular complexity index is 311. The van der Waals surface area contributed by atoms with Gasteiger partial charge in [-0.2, -0.15) is 0 Å². The zero-order valence-electron chi connectivity index (χ0n) is 6.57. The van der Waals surface area contributed by atoms with Gasteiger partial charge in [-0.25, -0.2) is 0 Å². The first-order chi connectivity index (χ1) is 5.70. The van der Waals surface area contributed by atoms with Gasteiger partial charge in [-0.15, -0.1) is 0 Å². The third-order valence-corrected chi connectivity index (χ3v) is 2.29. The summed E-state index contributed by atoms with van der Waals surface area (Å²) in [4.78, 5) is 0. The highest BCUT2D eigenvalue weighted by Gasteiger charge is 2.37. The van der Waals surface area contributed by atoms with Crippen molar-refractivity contribution in [1.82, 2.24) is 0 Å². The molecule has 0 unspecified atom stereocenters. The Kier molecular flexibility index (Phi) is 1.48. The van der Waals surface area contributed by atoms with Crippen LogP contribution in [0.3, 0.4) is 0 Å². The minimum atomic E-state index is -0.0633. The van der Waals surface area contributed by atoms with Gasteiger partial charge in [-0.1, -0.05) is 12.1 Å². The lowest BCUT2D eigenvalue weighted by molar-refractivity contribution is 0.399. The van der Waals surface area contributed by atoms with Crippen molar-refractivity contribution in [2.24, 2.45) is 5.73 Å². The molecule has 12 heavy (non-hydrogen) atoms. The highest BCUT2D eigenvalue weighted by molar-refractivity contribution is 5.48. The Morgan fingerprint density at radius 3 is 2.58 bits per heavy atom. The molecule has 2 rings (SSSR count). The van der Waals surface area contributed by atoms with Crippen LogP contribution in [0.2, 0.25) is 0 Å². The Morgan fingerprint density at radius 2 is 2.00 bits per heavy atom. The molecule has 1 aromatic carbocycles. The quantitative estimate of drug-likeness (QED) is 0.542. The fraction of sp³-hybridized carbons (Fsp3) is 0.333. The number of benzene rings is 1. The molecule has 4 N–H and O–H groups in total. The van der Waals surface area contributed by atoms with Crippen molar-refractivity contribution in [1.29, 1.82) is 0 Å². The summed E-state index contributed by atoms with van der Waals surface area (Å²) >= 11 is 0. The van der Waals surface area contributed by atoms with Crippen LogP contribution < -0.4 is 5.73 Å². The SMILES string of the molecule is N[C@@H]1C[C@H]1c1cccc(O)c1O. The number of phenolic OH excluding ortho intramolecular Hbond substituents is 2. The number of nitrogens with two attached hydrogens (primary N) is 1. The molecule has 1 saturated carbocycles. The maximum absolute atomic E-state index is 9.42. The van der Waals surface area contributed by atoms with Gasteiger partial charge in [-0.05, 0) is 12.5 Å². The van der Waals surface area contributed by atoms with Crippen LogP contribution >= 0.6 is 0 Å². The van der Waals surface area contributed by atoms with Crippen LogP contribution in [-0.4, -0.2) is 16.3 Å². The number of aromatic hydroxyl groups is 2. The summed E-state index contributed by atoms with van der Waals surface area (Å²) < 4.78 is 0. The second kappa shape index (κ2) is 2.38. The van der Waals surface area contributed by atoms with Crippen LogP contribution in [-0.2, 0) is 0 Å². The fourth-order valence-electron chi connectivity index (χ4n) is 1.42. The number of hydrogen-bond donors (Lipinski definition) is 3. The highest BCUT2D eigenvalue weighted by Crippen LogP contribution is 2.45. The molecule has 64 valence electrons. The molecule has 1 fully saturated rings. The molecule has 0 amide bonds. The van der Waals surface area contributed by atoms with Gasteiger partial charge in [-0.3, -0.25) is 0 Å². The second-order valence-corrected chi connectivity index (χ2v) is 3.22. The van der Waals surface area contributed by atoms with Gasteiger partial charge in [0.2, 0.25) is 0 Å². The summed E-state index contributed by atoms with van der Waals surface area (Å²) in [6.07, 6.45) is 0.900. The van der Waals surface area contributed by atoms with E-state index in [-0.39, 0.29) is 23.5 Å². The maximum atomic E-state index is 9.42. The van der Waals surface area contributed by atoms with E-state index in [1.807, 2.05) is 0 Å². The Labute approximate surface area is 70.4 Å². The van der Waals surface area contributed by atoms with Crippen LogP contribution in [0.5, 0.6) is 11.5 Å². The molecule has 0 aliphatic heterocycles. The van der Waals surface area contributed by atoms with Gasteiger partial charge in [0, 0.05) is 17.5 Å². The molecule has 0 bridgehead atoms. The topological polar surface area (TPSA) is 66.5 Å². The Morgan fingerprint density at radius 1 is 1.33 bits per heavy atom. The molecule has 3 nitrogen and oxygen atoms in total. The van der Waals surface area contributed by atoms with Crippen molar-refractivity contribution in [3.8, 4) is 11.5 Å². The minimum Gasteiger partial charge on any atom is -0.504 e. The van der Waals surface area contributed by atoms with Crippen molar-refractivity contribution in [2.45, 2.75) is 18.4 Å². The number of rotatable bonds is 1. The molecule has 0 aromatic heterocycles. The average Bonchev–Trinajstić information content (AvgIpc) is 2.73. The van der Waals surface area contributed by atoms with E-state index in [9.17, 15) is 10.2 Å². The summed E-state index contributed by atoms with van der Waals surface area (Å²) in [7, 11) is 0. The fourth-order valence-corrected chi connectivity index (χ4v) is 1.42. The number of phenols is 2. The van der Waals surface area contributed by atoms with Gasteiger partial charge >= 0.3 is 0 Å². The first-order valence-electron chi connectivity index (χ1n) is 3.96. The second-order valence-electron chi connectivity index (χ2n) is 3.22. The highest BCUT2D eigenvalue weighted by atomic mass is 16.3. The van der Waals surface area contributed by atoms with Crippen molar-refractivity contribution < 1.29 is 10.2 Å². The number of para-hydroxylation sites is 1. The van der Waals surface area contributed by atoms with E-state index in [0.29, 0.717) is 0 Å². The molecule has 1 aliphatic rings. The van der Waals surface area contributed by atoms with Gasteiger partial charge < -0.3 is 15.9 Å². The summed E-state index contributed by atoms with van der Waals surface area (Å²) in [5.41, 5.74) is 6.39. The van der Waals surface area contributed by atoms with E-state index in [2.05, 4.69) is 0 Å². The third-order valence-electron chi connectivity index (χ3n) is 2.29. The molecule has 1 aliphatic carbocycles. The molecular weight excluding hydrogens is 154 g/mol. The zero-order chi connectivity index (χ0) is 8.72. The molecule has 0 radical (unpaired) electrons. The molecule has 0 saturated heterocycles. The minimum absolute atomic E-state index is 0.0181. The van der Waals surface area contributed by atoms with E-state index in [0.717, 1.165) is 12.0 Å². The van der Waals surface area contributed by atoms with Gasteiger partial charge in [0.1, 0.15) is 0 Å². The van der Waals surface area contributed by atoms with Gasteiger partial charge in [0.05, 0.1) is 0 Å². The summed E-state index contributed by atoms with van der Waals surface area (Å²) in [6, 6.07) is 5.13. The number of hydrogen-bond acceptors (Lipinski definition) is 3. The smallest absolute Gasteiger partial charge is 0.161 e. The monoisotopic (exact) mass is 165 g/mol. The molecule has 0 heterocycles. The van der Waals surface area contributed by atoms with Crippen LogP contribution in [0.25, 0.3) is 0 Å². The summed E-state index contributed by atoms with van der Waals surface area (Å²) in [6.45, 7) is 0. The average molecular weight is 165 g/mol. The largest absolute Gasteiger partial charge is 0.504 e. The lowest BCUT2D eigenvalue weighted by Gasteiger charge is -2.03. The molecular formula is C9H11NO2. The molecule has 0 spiro atoms. The lowest BCUT2D eigenvalue weighted by atomic mass is 10.1. The third kappa shape index (κ3) is 1.02. The van der Waals surface area contributed by atoms with E-state index in [1.165, 1.54) is 6.07 Å². The van der Waals surface area contributed by atoms with Crippen LogP contribution in [0.4, 0.5) is 0 Å². The predicted octanol–water partition coefficient (Wildman–Crippen LogP) is 0.912. The Balaban J connectivity index is 2.38. The van der Waals surface area contributed by atoms with Crippen LogP contribution in [0, 0.1) is 0 Å². The van der Waals surface area contributed by atoms with Crippen molar-refractivity contribution >= 4 is 0 Å². The van der Waals surface area contributed by atoms with Gasteiger partial charge in [0.25, 0.3) is 0 Å². The molecule has 2 atom stereocenters. The predicted molar refractivity (Wildman–Crippen MR) is 45.1 cm³/mol. The molecule has 3 heteroatoms. The first kappa shape index (κ1) is 7.43. The van der Waals surface area contributed by atoms with Crippen molar-refractivity contribution in [2.75, 3.05) is 0 Å². The van der Waals surface area contributed by atoms with Crippen molar-refractivity contribution in [3.05, 3.63) is 23.8 Å². The van der Waals surface area contributed by atoms with Crippen molar-refractivity contribution in [3.63, 3.8) is 0 Å². The normalized spacial score (nSPS) is 27.1. The summed E-state index contributed by atoms with van der Waals surface area (Å²) in [5, 5.41) is 18.6. The first-order valence-corrected chi connectivity index (χ1v) is 3.96. The van der Waals surface area contributed by atoms with E-state index < -0.39 is 0 Å². The lowest BCUT2D eigenvalue weighted by Crippen LogP contribution is -2.00. The van der Waals surface area contributed by atoms with E-state index >= 15 is 0 Å². The molecule has 1 aromatic rings. The zero-order valence-corrected chi connectivity index (χ0v) is 6.57. The Hall–Kier alpha value is -1.22. The van der Waals surface area contributed by atoms with E-state index in [1.54, 1.807) is 12.1 Å². The standard InChI is InChI=1S/C9H11NO2/c10-7-4-6(7)5-2-1-3-8(11)9(5)12/h1-3,6-7,11-12H,4,10H2/t6-,7+/m0/s1.